The Kier molecular flexibility index (Phi) is 12.8. The fourth-order valence-corrected chi connectivity index (χ4v) is 3.46. The molecule has 2 aromatic rings. The number of hydrogen-bond donors (Lipinski definition) is 4. The monoisotopic (exact) mass is 501 g/mol. The molecule has 1 aromatic heterocycles. The van der Waals surface area contributed by atoms with Crippen LogP contribution in [0.15, 0.2) is 57.1 Å². The zero-order chi connectivity index (χ0) is 24.6. The maximum atomic E-state index is 6.15. The molecule has 1 aromatic carbocycles. The van der Waals surface area contributed by atoms with Crippen LogP contribution in [0, 0.1) is 0 Å². The van der Waals surface area contributed by atoms with Gasteiger partial charge in [0.05, 0.1) is 12.8 Å². The van der Waals surface area contributed by atoms with Gasteiger partial charge < -0.3 is 15.1 Å². The SMILES string of the molecule is CCCCN(Cc1ccccc1)Cc1ccc(C(/C=N/NC(=S)NCC)=N\NC(=S)NCC)o1. The van der Waals surface area contributed by atoms with Crippen molar-refractivity contribution >= 4 is 46.6 Å². The Morgan fingerprint density at radius 1 is 0.941 bits per heavy atom. The molecule has 0 spiro atoms. The Morgan fingerprint density at radius 3 is 2.32 bits per heavy atom. The van der Waals surface area contributed by atoms with Crippen molar-refractivity contribution in [1.82, 2.24) is 26.4 Å². The summed E-state index contributed by atoms with van der Waals surface area (Å²) >= 11 is 10.4. The van der Waals surface area contributed by atoms with Crippen molar-refractivity contribution in [3.8, 4) is 0 Å². The summed E-state index contributed by atoms with van der Waals surface area (Å²) in [5.41, 5.74) is 7.36. The van der Waals surface area contributed by atoms with Crippen molar-refractivity contribution in [3.05, 3.63) is 59.5 Å². The number of hydrazone groups is 2. The van der Waals surface area contributed by atoms with Gasteiger partial charge in [0.2, 0.25) is 0 Å². The van der Waals surface area contributed by atoms with Crippen LogP contribution in [0.25, 0.3) is 0 Å². The summed E-state index contributed by atoms with van der Waals surface area (Å²) in [6, 6.07) is 14.3. The van der Waals surface area contributed by atoms with Crippen molar-refractivity contribution in [1.29, 1.82) is 0 Å². The van der Waals surface area contributed by atoms with Gasteiger partial charge in [-0.2, -0.15) is 10.2 Å². The molecule has 4 N–H and O–H groups in total. The van der Waals surface area contributed by atoms with E-state index in [1.54, 1.807) is 6.21 Å². The van der Waals surface area contributed by atoms with E-state index < -0.39 is 0 Å². The highest BCUT2D eigenvalue weighted by molar-refractivity contribution is 7.80. The maximum Gasteiger partial charge on any atom is 0.186 e. The van der Waals surface area contributed by atoms with E-state index in [-0.39, 0.29) is 0 Å². The van der Waals surface area contributed by atoms with Crippen molar-refractivity contribution in [2.75, 3.05) is 19.6 Å². The van der Waals surface area contributed by atoms with Crippen molar-refractivity contribution in [2.24, 2.45) is 10.2 Å². The van der Waals surface area contributed by atoms with Gasteiger partial charge in [-0.05, 0) is 68.9 Å². The van der Waals surface area contributed by atoms with Gasteiger partial charge in [-0.3, -0.25) is 15.8 Å². The Balaban J connectivity index is 2.15. The van der Waals surface area contributed by atoms with Gasteiger partial charge in [-0.15, -0.1) is 0 Å². The molecule has 0 fully saturated rings. The van der Waals surface area contributed by atoms with Gasteiger partial charge in [0.1, 0.15) is 11.5 Å². The zero-order valence-corrected chi connectivity index (χ0v) is 21.8. The molecule has 0 saturated carbocycles. The molecule has 0 atom stereocenters. The minimum Gasteiger partial charge on any atom is -0.458 e. The molecule has 0 aliphatic carbocycles. The minimum atomic E-state index is 0.421. The largest absolute Gasteiger partial charge is 0.458 e. The summed E-state index contributed by atoms with van der Waals surface area (Å²) in [4.78, 5) is 2.39. The van der Waals surface area contributed by atoms with E-state index in [1.165, 1.54) is 5.56 Å². The number of nitrogens with zero attached hydrogens (tertiary/aromatic N) is 3. The molecule has 0 aliphatic rings. The molecule has 2 rings (SSSR count). The van der Waals surface area contributed by atoms with Crippen LogP contribution in [-0.4, -0.2) is 46.7 Å². The first-order valence-corrected chi connectivity index (χ1v) is 12.4. The van der Waals surface area contributed by atoms with E-state index in [4.69, 9.17) is 28.9 Å². The third-order valence-corrected chi connectivity index (χ3v) is 5.15. The topological polar surface area (TPSA) is 89.2 Å². The van der Waals surface area contributed by atoms with Gasteiger partial charge in [0.25, 0.3) is 0 Å². The number of hydrogen-bond acceptors (Lipinski definition) is 6. The summed E-state index contributed by atoms with van der Waals surface area (Å²) < 4.78 is 6.15. The summed E-state index contributed by atoms with van der Waals surface area (Å²) in [6.45, 7) is 10.1. The third-order valence-electron chi connectivity index (χ3n) is 4.68. The van der Waals surface area contributed by atoms with Gasteiger partial charge in [0.15, 0.2) is 16.0 Å². The quantitative estimate of drug-likeness (QED) is 0.188. The molecule has 0 unspecified atom stereocenters. The number of furan rings is 1. The number of unbranched alkanes of at least 4 members (excludes halogenated alkanes) is 1. The van der Waals surface area contributed by atoms with Crippen molar-refractivity contribution in [3.63, 3.8) is 0 Å². The molecule has 0 radical (unpaired) electrons. The lowest BCUT2D eigenvalue weighted by Gasteiger charge is -2.21. The molecule has 0 amide bonds. The molecular formula is C24H35N7OS2. The first-order valence-electron chi connectivity index (χ1n) is 11.6. The predicted octanol–water partition coefficient (Wildman–Crippen LogP) is 3.74. The fourth-order valence-electron chi connectivity index (χ4n) is 3.07. The van der Waals surface area contributed by atoms with Gasteiger partial charge in [0, 0.05) is 19.6 Å². The molecule has 10 heteroatoms. The van der Waals surface area contributed by atoms with Crippen LogP contribution in [0.5, 0.6) is 0 Å². The van der Waals surface area contributed by atoms with Crippen molar-refractivity contribution < 1.29 is 4.42 Å². The zero-order valence-electron chi connectivity index (χ0n) is 20.1. The highest BCUT2D eigenvalue weighted by atomic mass is 32.1. The van der Waals surface area contributed by atoms with Crippen LogP contribution in [0.3, 0.4) is 0 Å². The Hall–Kier alpha value is -2.82. The van der Waals surface area contributed by atoms with E-state index >= 15 is 0 Å². The number of benzene rings is 1. The summed E-state index contributed by atoms with van der Waals surface area (Å²) in [6.07, 6.45) is 3.82. The molecule has 0 bridgehead atoms. The van der Waals surface area contributed by atoms with Crippen LogP contribution in [0.1, 0.15) is 50.7 Å². The minimum absolute atomic E-state index is 0.421. The number of nitrogens with one attached hydrogen (secondary N) is 4. The second kappa shape index (κ2) is 15.9. The first-order chi connectivity index (χ1) is 16.5. The summed E-state index contributed by atoms with van der Waals surface area (Å²) in [5, 5.41) is 15.4. The molecule has 0 saturated heterocycles. The second-order valence-electron chi connectivity index (χ2n) is 7.51. The highest BCUT2D eigenvalue weighted by Crippen LogP contribution is 2.15. The van der Waals surface area contributed by atoms with E-state index in [9.17, 15) is 0 Å². The van der Waals surface area contributed by atoms with Crippen LogP contribution in [0.4, 0.5) is 0 Å². The van der Waals surface area contributed by atoms with E-state index in [2.05, 4.69) is 67.8 Å². The van der Waals surface area contributed by atoms with Gasteiger partial charge in [-0.25, -0.2) is 0 Å². The molecule has 8 nitrogen and oxygen atoms in total. The number of rotatable bonds is 13. The van der Waals surface area contributed by atoms with Gasteiger partial charge >= 0.3 is 0 Å². The summed E-state index contributed by atoms with van der Waals surface area (Å²) in [5.74, 6) is 1.44. The highest BCUT2D eigenvalue weighted by Gasteiger charge is 2.13. The lowest BCUT2D eigenvalue weighted by molar-refractivity contribution is 0.231. The normalized spacial score (nSPS) is 11.6. The average Bonchev–Trinajstić information content (AvgIpc) is 3.29. The Bertz CT molecular complexity index is 944. The van der Waals surface area contributed by atoms with Gasteiger partial charge in [-0.1, -0.05) is 43.7 Å². The predicted molar refractivity (Wildman–Crippen MR) is 148 cm³/mol. The summed E-state index contributed by atoms with van der Waals surface area (Å²) in [7, 11) is 0. The van der Waals surface area contributed by atoms with E-state index in [0.717, 1.165) is 31.7 Å². The lowest BCUT2D eigenvalue weighted by Crippen LogP contribution is -2.33. The molecule has 1 heterocycles. The molecule has 34 heavy (non-hydrogen) atoms. The van der Waals surface area contributed by atoms with Crippen LogP contribution in [-0.2, 0) is 13.1 Å². The van der Waals surface area contributed by atoms with E-state index in [1.807, 2.05) is 32.0 Å². The van der Waals surface area contributed by atoms with Crippen molar-refractivity contribution in [2.45, 2.75) is 46.7 Å². The first kappa shape index (κ1) is 27.4. The van der Waals surface area contributed by atoms with Crippen LogP contribution in [0.2, 0.25) is 0 Å². The Labute approximate surface area is 213 Å². The number of thiocarbonyl (C=S) groups is 2. The maximum absolute atomic E-state index is 6.15. The standard InChI is InChI=1S/C24H35N7OS2/c1-4-7-15-31(17-19-11-9-8-10-12-19)18-20-13-14-22(32-20)21(28-30-24(34)26-6-3)16-27-29-23(33)25-5-2/h8-14,16H,4-7,15,17-18H2,1-3H3,(H2,25,29,33)(H2,26,30,34)/b27-16+,28-21-. The Morgan fingerprint density at radius 2 is 1.65 bits per heavy atom. The fraction of sp³-hybridized carbons (Fsp3) is 0.417. The van der Waals surface area contributed by atoms with Crippen LogP contribution < -0.4 is 21.5 Å². The molecule has 0 aliphatic heterocycles. The smallest absolute Gasteiger partial charge is 0.186 e. The third kappa shape index (κ3) is 10.4. The second-order valence-corrected chi connectivity index (χ2v) is 8.33. The molecular weight excluding hydrogens is 466 g/mol. The average molecular weight is 502 g/mol. The molecule has 184 valence electrons. The van der Waals surface area contributed by atoms with Crippen LogP contribution >= 0.6 is 24.4 Å². The van der Waals surface area contributed by atoms with E-state index in [0.29, 0.717) is 41.3 Å². The lowest BCUT2D eigenvalue weighted by atomic mass is 10.2.